The summed E-state index contributed by atoms with van der Waals surface area (Å²) in [5.41, 5.74) is -0.482. The third-order valence-corrected chi connectivity index (χ3v) is 10.7. The van der Waals surface area contributed by atoms with Crippen LogP contribution in [0.25, 0.3) is 0 Å². The lowest BCUT2D eigenvalue weighted by Crippen LogP contribution is -2.54. The van der Waals surface area contributed by atoms with Crippen molar-refractivity contribution in [2.45, 2.75) is 61.8 Å². The summed E-state index contributed by atoms with van der Waals surface area (Å²) in [5, 5.41) is 6.82. The van der Waals surface area contributed by atoms with Crippen LogP contribution in [0.5, 0.6) is 0 Å². The Morgan fingerprint density at radius 1 is 1.00 bits per heavy atom. The molecule has 9 nitrogen and oxygen atoms in total. The molecule has 2 aliphatic carbocycles. The van der Waals surface area contributed by atoms with Crippen molar-refractivity contribution in [3.63, 3.8) is 0 Å². The SMILES string of the molecule is COC(=O)N[C@@H](C(=O)N[C@@H]1CC2CC[C@@H](C1)[C@H]2S(=O)(=O)c1cc(C(=O)Nc2cc(F)c(F)c(F)c2)ccc1Cl)C(C)C. The fourth-order valence-corrected chi connectivity index (χ4v) is 8.82. The number of nitrogens with one attached hydrogen (secondary N) is 3. The monoisotopic (exact) mass is 629 g/mol. The first-order chi connectivity index (χ1) is 19.7. The van der Waals surface area contributed by atoms with E-state index in [0.717, 1.165) is 6.07 Å². The summed E-state index contributed by atoms with van der Waals surface area (Å²) in [6.07, 6.45) is 1.30. The summed E-state index contributed by atoms with van der Waals surface area (Å²) in [7, 11) is -2.84. The summed E-state index contributed by atoms with van der Waals surface area (Å²) in [6.45, 7) is 3.56. The highest BCUT2D eigenvalue weighted by Gasteiger charge is 2.50. The second kappa shape index (κ2) is 12.5. The average Bonchev–Trinajstić information content (AvgIpc) is 3.21. The van der Waals surface area contributed by atoms with Crippen molar-refractivity contribution >= 4 is 45.0 Å². The maximum Gasteiger partial charge on any atom is 0.407 e. The summed E-state index contributed by atoms with van der Waals surface area (Å²) in [6, 6.07) is 3.72. The minimum Gasteiger partial charge on any atom is -0.453 e. The Kier molecular flexibility index (Phi) is 9.41. The molecule has 0 aromatic heterocycles. The second-order valence-electron chi connectivity index (χ2n) is 11.0. The molecular formula is C28H31ClF3N3O6S. The van der Waals surface area contributed by atoms with Crippen molar-refractivity contribution in [2.24, 2.45) is 17.8 Å². The molecule has 228 valence electrons. The smallest absolute Gasteiger partial charge is 0.407 e. The zero-order valence-corrected chi connectivity index (χ0v) is 24.6. The number of benzene rings is 2. The lowest BCUT2D eigenvalue weighted by atomic mass is 9.84. The Hall–Kier alpha value is -3.32. The number of hydrogen-bond donors (Lipinski definition) is 3. The molecule has 42 heavy (non-hydrogen) atoms. The zero-order valence-electron chi connectivity index (χ0n) is 23.0. The molecule has 0 radical (unpaired) electrons. The number of anilines is 1. The molecule has 2 aromatic rings. The highest BCUT2D eigenvalue weighted by Crippen LogP contribution is 2.48. The quantitative estimate of drug-likeness (QED) is 0.359. The maximum atomic E-state index is 13.9. The molecule has 4 rings (SSSR count). The molecule has 5 atom stereocenters. The van der Waals surface area contributed by atoms with Crippen molar-refractivity contribution in [3.8, 4) is 0 Å². The molecule has 14 heteroatoms. The predicted molar refractivity (Wildman–Crippen MR) is 148 cm³/mol. The first kappa shape index (κ1) is 31.6. The lowest BCUT2D eigenvalue weighted by Gasteiger charge is -2.36. The van der Waals surface area contributed by atoms with Gasteiger partial charge in [0.15, 0.2) is 27.3 Å². The van der Waals surface area contributed by atoms with Crippen LogP contribution < -0.4 is 16.0 Å². The molecule has 0 aliphatic heterocycles. The minimum atomic E-state index is -4.05. The van der Waals surface area contributed by atoms with Crippen LogP contribution >= 0.6 is 11.6 Å². The minimum absolute atomic E-state index is 0.0890. The van der Waals surface area contributed by atoms with Gasteiger partial charge in [-0.1, -0.05) is 25.4 Å². The van der Waals surface area contributed by atoms with Crippen LogP contribution in [-0.2, 0) is 19.4 Å². The fraction of sp³-hybridized carbons (Fsp3) is 0.464. The van der Waals surface area contributed by atoms with Crippen molar-refractivity contribution in [3.05, 3.63) is 58.4 Å². The van der Waals surface area contributed by atoms with Crippen LogP contribution in [0.2, 0.25) is 5.02 Å². The van der Waals surface area contributed by atoms with E-state index in [4.69, 9.17) is 11.6 Å². The van der Waals surface area contributed by atoms with Crippen LogP contribution in [-0.4, -0.2) is 50.8 Å². The Morgan fingerprint density at radius 2 is 1.60 bits per heavy atom. The van der Waals surface area contributed by atoms with Gasteiger partial charge in [-0.15, -0.1) is 0 Å². The van der Waals surface area contributed by atoms with Crippen molar-refractivity contribution in [1.82, 2.24) is 10.6 Å². The van der Waals surface area contributed by atoms with Crippen molar-refractivity contribution < 1.29 is 40.7 Å². The van der Waals surface area contributed by atoms with Crippen LogP contribution in [0.1, 0.15) is 49.9 Å². The first-order valence-corrected chi connectivity index (χ1v) is 15.3. The van der Waals surface area contributed by atoms with Crippen LogP contribution in [0.4, 0.5) is 23.7 Å². The highest BCUT2D eigenvalue weighted by atomic mass is 35.5. The molecule has 0 spiro atoms. The molecule has 2 saturated carbocycles. The lowest BCUT2D eigenvalue weighted by molar-refractivity contribution is -0.125. The van der Waals surface area contributed by atoms with Crippen molar-refractivity contribution in [1.29, 1.82) is 0 Å². The molecule has 2 bridgehead atoms. The van der Waals surface area contributed by atoms with Crippen LogP contribution in [0.3, 0.4) is 0 Å². The van der Waals surface area contributed by atoms with Gasteiger partial charge in [-0.2, -0.15) is 0 Å². The van der Waals surface area contributed by atoms with Gasteiger partial charge in [0.1, 0.15) is 6.04 Å². The molecule has 0 heterocycles. The van der Waals surface area contributed by atoms with E-state index >= 15 is 0 Å². The number of alkyl carbamates (subject to hydrolysis) is 1. The number of hydrogen-bond acceptors (Lipinski definition) is 6. The number of amides is 3. The Bertz CT molecular complexity index is 1470. The molecular weight excluding hydrogens is 599 g/mol. The number of rotatable bonds is 8. The summed E-state index contributed by atoms with van der Waals surface area (Å²) in [5.74, 6) is -6.72. The van der Waals surface area contributed by atoms with Crippen molar-refractivity contribution in [2.75, 3.05) is 12.4 Å². The van der Waals surface area contributed by atoms with E-state index in [1.165, 1.54) is 19.2 Å². The van der Waals surface area contributed by atoms with E-state index in [9.17, 15) is 36.0 Å². The van der Waals surface area contributed by atoms with Gasteiger partial charge in [0, 0.05) is 29.4 Å². The molecule has 2 aromatic carbocycles. The zero-order chi connectivity index (χ0) is 30.9. The topological polar surface area (TPSA) is 131 Å². The molecule has 0 saturated heterocycles. The number of halogens is 4. The van der Waals surface area contributed by atoms with E-state index in [-0.39, 0.29) is 50.9 Å². The van der Waals surface area contributed by atoms with Gasteiger partial charge in [-0.25, -0.2) is 26.4 Å². The largest absolute Gasteiger partial charge is 0.453 e. The Balaban J connectivity index is 1.50. The van der Waals surface area contributed by atoms with Gasteiger partial charge in [0.05, 0.1) is 22.3 Å². The molecule has 3 N–H and O–H groups in total. The normalized spacial score (nSPS) is 22.4. The van der Waals surface area contributed by atoms with Gasteiger partial charge < -0.3 is 20.7 Å². The van der Waals surface area contributed by atoms with Crippen LogP contribution in [0, 0.1) is 35.2 Å². The second-order valence-corrected chi connectivity index (χ2v) is 13.5. The summed E-state index contributed by atoms with van der Waals surface area (Å²) >= 11 is 6.30. The third kappa shape index (κ3) is 6.51. The first-order valence-electron chi connectivity index (χ1n) is 13.4. The van der Waals surface area contributed by atoms with E-state index in [1.807, 2.05) is 0 Å². The highest BCUT2D eigenvalue weighted by molar-refractivity contribution is 7.92. The molecule has 2 fully saturated rings. The fourth-order valence-electron chi connectivity index (χ4n) is 5.95. The number of sulfone groups is 1. The van der Waals surface area contributed by atoms with Gasteiger partial charge in [-0.05, 0) is 61.6 Å². The van der Waals surface area contributed by atoms with E-state index in [1.54, 1.807) is 13.8 Å². The van der Waals surface area contributed by atoms with Gasteiger partial charge in [-0.3, -0.25) is 9.59 Å². The van der Waals surface area contributed by atoms with E-state index in [0.29, 0.717) is 37.8 Å². The predicted octanol–water partition coefficient (Wildman–Crippen LogP) is 4.84. The standard InChI is InChI=1S/C28H31ClF3N3O6S/c1-13(2)24(35-28(38)41-3)27(37)34-17-8-14-4-5-15(9-17)25(14)42(39,40)22-10-16(6-7-19(22)29)26(36)33-18-11-20(30)23(32)21(31)12-18/h6-7,10-15,17,24-25H,4-5,8-9H2,1-3H3,(H,33,36)(H,34,37)(H,35,38)/t14-,15?,17-,24+,25+/m0/s1. The number of fused-ring (bicyclic) bond motifs is 2. The number of carbonyl (C=O) groups is 3. The van der Waals surface area contributed by atoms with Crippen LogP contribution in [0.15, 0.2) is 35.2 Å². The van der Waals surface area contributed by atoms with Gasteiger partial charge in [0.25, 0.3) is 5.91 Å². The Labute approximate surface area is 246 Å². The molecule has 1 unspecified atom stereocenters. The van der Waals surface area contributed by atoms with Gasteiger partial charge in [0.2, 0.25) is 5.91 Å². The van der Waals surface area contributed by atoms with Gasteiger partial charge >= 0.3 is 6.09 Å². The third-order valence-electron chi connectivity index (χ3n) is 7.87. The van der Waals surface area contributed by atoms with E-state index in [2.05, 4.69) is 20.7 Å². The van der Waals surface area contributed by atoms with E-state index < -0.39 is 50.6 Å². The molecule has 3 amide bonds. The number of methoxy groups -OCH3 is 1. The Morgan fingerprint density at radius 3 is 2.14 bits per heavy atom. The summed E-state index contributed by atoms with van der Waals surface area (Å²) in [4.78, 5) is 37.2. The summed E-state index contributed by atoms with van der Waals surface area (Å²) < 4.78 is 72.9. The molecule has 2 aliphatic rings. The average molecular weight is 630 g/mol. The maximum absolute atomic E-state index is 13.9. The number of carbonyl (C=O) groups excluding carboxylic acids is 3. The number of ether oxygens (including phenoxy) is 1.